The molecule has 0 atom stereocenters. The molecule has 0 spiro atoms. The average Bonchev–Trinajstić information content (AvgIpc) is 1.85. The molecule has 0 bridgehead atoms. The molecule has 0 unspecified atom stereocenters. The lowest BCUT2D eigenvalue weighted by atomic mass is 9.98. The molecule has 0 saturated carbocycles. The zero-order chi connectivity index (χ0) is 8.43. The van der Waals surface area contributed by atoms with Crippen LogP contribution in [0.15, 0.2) is 11.6 Å². The summed E-state index contributed by atoms with van der Waals surface area (Å²) in [5.74, 6) is -1.93. The number of allylic oxidation sites excluding steroid dienone is 1. The van der Waals surface area contributed by atoms with Gasteiger partial charge in [0.05, 0.1) is 6.42 Å². The smallest absolute Gasteiger partial charge is 0.332 e. The van der Waals surface area contributed by atoms with Crippen LogP contribution in [-0.2, 0) is 14.4 Å². The summed E-state index contributed by atoms with van der Waals surface area (Å²) < 4.78 is 0. The van der Waals surface area contributed by atoms with Gasteiger partial charge >= 0.3 is 5.97 Å². The van der Waals surface area contributed by atoms with Crippen molar-refractivity contribution in [1.82, 2.24) is 0 Å². The van der Waals surface area contributed by atoms with Gasteiger partial charge in [-0.15, -0.1) is 0 Å². The Labute approximate surface area is 62.5 Å². The number of carbonyl (C=O) groups is 3. The van der Waals surface area contributed by atoms with Crippen molar-refractivity contribution >= 4 is 17.5 Å². The highest BCUT2D eigenvalue weighted by Gasteiger charge is 2.21. The van der Waals surface area contributed by atoms with Crippen LogP contribution in [0.3, 0.4) is 0 Å². The Hall–Kier alpha value is -1.45. The highest BCUT2D eigenvalue weighted by Crippen LogP contribution is 2.11. The molecule has 4 heteroatoms. The molecule has 0 aliphatic heterocycles. The van der Waals surface area contributed by atoms with Crippen LogP contribution in [0.1, 0.15) is 12.8 Å². The summed E-state index contributed by atoms with van der Waals surface area (Å²) in [6.07, 6.45) is 0.738. The van der Waals surface area contributed by atoms with Gasteiger partial charge in [0.25, 0.3) is 0 Å². The van der Waals surface area contributed by atoms with Crippen LogP contribution in [0.25, 0.3) is 0 Å². The van der Waals surface area contributed by atoms with Crippen molar-refractivity contribution in [2.45, 2.75) is 12.8 Å². The van der Waals surface area contributed by atoms with Crippen molar-refractivity contribution in [3.63, 3.8) is 0 Å². The number of hydrogen-bond donors (Lipinski definition) is 1. The van der Waals surface area contributed by atoms with Crippen LogP contribution < -0.4 is 0 Å². The van der Waals surface area contributed by atoms with Crippen molar-refractivity contribution in [1.29, 1.82) is 0 Å². The van der Waals surface area contributed by atoms with Crippen molar-refractivity contribution in [3.8, 4) is 0 Å². The van der Waals surface area contributed by atoms with E-state index in [1.807, 2.05) is 0 Å². The number of aliphatic carboxylic acids is 1. The van der Waals surface area contributed by atoms with E-state index >= 15 is 0 Å². The van der Waals surface area contributed by atoms with Gasteiger partial charge in [-0.2, -0.15) is 0 Å². The first-order valence-electron chi connectivity index (χ1n) is 3.08. The van der Waals surface area contributed by atoms with E-state index in [0.717, 1.165) is 6.08 Å². The van der Waals surface area contributed by atoms with E-state index in [0.29, 0.717) is 0 Å². The van der Waals surface area contributed by atoms with Gasteiger partial charge in [0.15, 0.2) is 5.78 Å². The topological polar surface area (TPSA) is 71.4 Å². The molecule has 58 valence electrons. The van der Waals surface area contributed by atoms with Crippen LogP contribution in [0, 0.1) is 0 Å². The molecule has 0 aromatic rings. The fourth-order valence-corrected chi connectivity index (χ4v) is 0.903. The zero-order valence-electron chi connectivity index (χ0n) is 5.66. The summed E-state index contributed by atoms with van der Waals surface area (Å²) in [4.78, 5) is 31.6. The van der Waals surface area contributed by atoms with Gasteiger partial charge < -0.3 is 5.11 Å². The van der Waals surface area contributed by atoms with Crippen molar-refractivity contribution in [2.75, 3.05) is 0 Å². The van der Waals surface area contributed by atoms with Crippen molar-refractivity contribution in [3.05, 3.63) is 11.6 Å². The number of carboxylic acid groups (broad SMARTS) is 1. The third kappa shape index (κ3) is 1.73. The Kier molecular flexibility index (Phi) is 1.85. The quantitative estimate of drug-likeness (QED) is 0.536. The van der Waals surface area contributed by atoms with Gasteiger partial charge in [0, 0.05) is 12.0 Å². The van der Waals surface area contributed by atoms with Crippen LogP contribution in [0.4, 0.5) is 0 Å². The molecule has 0 aromatic carbocycles. The van der Waals surface area contributed by atoms with E-state index in [4.69, 9.17) is 5.11 Å². The number of ketones is 2. The largest absolute Gasteiger partial charge is 0.478 e. The summed E-state index contributed by atoms with van der Waals surface area (Å²) in [5, 5.41) is 8.40. The molecule has 0 aromatic heterocycles. The maximum atomic E-state index is 10.7. The van der Waals surface area contributed by atoms with Crippen LogP contribution in [0.5, 0.6) is 0 Å². The predicted octanol–water partition coefficient (Wildman–Crippen LogP) is -0.0706. The monoisotopic (exact) mass is 154 g/mol. The highest BCUT2D eigenvalue weighted by atomic mass is 16.4. The molecule has 0 heterocycles. The molecule has 1 rings (SSSR count). The lowest BCUT2D eigenvalue weighted by Crippen LogP contribution is -2.17. The van der Waals surface area contributed by atoms with Gasteiger partial charge in [-0.1, -0.05) is 0 Å². The standard InChI is InChI=1S/C7H6O4/c8-5-1-4(7(10)11)2-6(9)3-5/h1H,2-3H2,(H,10,11). The van der Waals surface area contributed by atoms with Crippen LogP contribution in [-0.4, -0.2) is 22.6 Å². The minimum absolute atomic E-state index is 0.105. The third-order valence-corrected chi connectivity index (χ3v) is 1.37. The molecule has 1 aliphatic carbocycles. The number of rotatable bonds is 1. The van der Waals surface area contributed by atoms with E-state index in [2.05, 4.69) is 0 Å². The summed E-state index contributed by atoms with van der Waals surface area (Å²) in [6.45, 7) is 0. The van der Waals surface area contributed by atoms with E-state index in [9.17, 15) is 14.4 Å². The zero-order valence-corrected chi connectivity index (χ0v) is 5.66. The number of carboxylic acids is 1. The van der Waals surface area contributed by atoms with Gasteiger partial charge in [-0.3, -0.25) is 9.59 Å². The van der Waals surface area contributed by atoms with E-state index < -0.39 is 11.8 Å². The average molecular weight is 154 g/mol. The predicted molar refractivity (Wildman–Crippen MR) is 35.0 cm³/mol. The summed E-state index contributed by atoms with van der Waals surface area (Å²) in [7, 11) is 0. The molecular formula is C7H6O4. The number of Topliss-reactive ketones (excluding diaryl/α,β-unsaturated/α-hetero) is 1. The first-order chi connectivity index (χ1) is 5.09. The molecule has 0 radical (unpaired) electrons. The second kappa shape index (κ2) is 2.65. The highest BCUT2D eigenvalue weighted by molar-refractivity contribution is 6.13. The second-order valence-corrected chi connectivity index (χ2v) is 2.33. The molecular weight excluding hydrogens is 148 g/mol. The first-order valence-corrected chi connectivity index (χ1v) is 3.08. The molecule has 0 amide bonds. The minimum atomic E-state index is -1.19. The molecule has 0 saturated heterocycles. The lowest BCUT2D eigenvalue weighted by molar-refractivity contribution is -0.135. The fraction of sp³-hybridized carbons (Fsp3) is 0.286. The number of carbonyl (C=O) groups excluding carboxylic acids is 2. The van der Waals surface area contributed by atoms with Crippen molar-refractivity contribution in [2.24, 2.45) is 0 Å². The lowest BCUT2D eigenvalue weighted by Gasteiger charge is -2.05. The summed E-state index contributed by atoms with van der Waals surface area (Å²) in [5.41, 5.74) is -0.105. The Morgan fingerprint density at radius 1 is 1.36 bits per heavy atom. The van der Waals surface area contributed by atoms with Gasteiger partial charge in [0.2, 0.25) is 0 Å². The Morgan fingerprint density at radius 2 is 2.00 bits per heavy atom. The van der Waals surface area contributed by atoms with Crippen molar-refractivity contribution < 1.29 is 19.5 Å². The maximum absolute atomic E-state index is 10.7. The Bertz CT molecular complexity index is 262. The fourth-order valence-electron chi connectivity index (χ4n) is 0.903. The molecule has 1 aliphatic rings. The minimum Gasteiger partial charge on any atom is -0.478 e. The molecule has 11 heavy (non-hydrogen) atoms. The first kappa shape index (κ1) is 7.65. The van der Waals surface area contributed by atoms with E-state index in [1.165, 1.54) is 0 Å². The second-order valence-electron chi connectivity index (χ2n) is 2.33. The van der Waals surface area contributed by atoms with Crippen LogP contribution >= 0.6 is 0 Å². The normalized spacial score (nSPS) is 18.0. The van der Waals surface area contributed by atoms with E-state index in [1.54, 1.807) is 0 Å². The van der Waals surface area contributed by atoms with Gasteiger partial charge in [0.1, 0.15) is 5.78 Å². The van der Waals surface area contributed by atoms with E-state index in [-0.39, 0.29) is 24.2 Å². The maximum Gasteiger partial charge on any atom is 0.332 e. The van der Waals surface area contributed by atoms with Gasteiger partial charge in [-0.25, -0.2) is 4.79 Å². The Morgan fingerprint density at radius 3 is 2.45 bits per heavy atom. The SMILES string of the molecule is O=C1C=C(C(=O)O)CC(=O)C1. The Balaban J connectivity index is 2.89. The third-order valence-electron chi connectivity index (χ3n) is 1.37. The van der Waals surface area contributed by atoms with Crippen LogP contribution in [0.2, 0.25) is 0 Å². The molecule has 4 nitrogen and oxygen atoms in total. The summed E-state index contributed by atoms with van der Waals surface area (Å²) in [6, 6.07) is 0. The number of hydrogen-bond acceptors (Lipinski definition) is 3. The summed E-state index contributed by atoms with van der Waals surface area (Å²) >= 11 is 0. The molecule has 0 fully saturated rings. The van der Waals surface area contributed by atoms with Gasteiger partial charge in [-0.05, 0) is 6.08 Å². The molecule has 1 N–H and O–H groups in total.